The van der Waals surface area contributed by atoms with Crippen molar-refractivity contribution in [2.75, 3.05) is 58.3 Å². The Balaban J connectivity index is 1.43. The fraction of sp³-hybridized carbons (Fsp3) is 0.579. The van der Waals surface area contributed by atoms with Crippen LogP contribution in [0.2, 0.25) is 0 Å². The molecule has 2 aliphatic rings. The minimum atomic E-state index is -0.0397. The van der Waals surface area contributed by atoms with E-state index >= 15 is 0 Å². The van der Waals surface area contributed by atoms with Gasteiger partial charge in [0.1, 0.15) is 0 Å². The van der Waals surface area contributed by atoms with Crippen LogP contribution in [0.4, 0.5) is 15.3 Å². The number of para-hydroxylation sites is 1. The van der Waals surface area contributed by atoms with Crippen LogP contribution in [-0.4, -0.2) is 86.2 Å². The molecule has 0 radical (unpaired) electrons. The van der Waals surface area contributed by atoms with Crippen molar-refractivity contribution in [1.82, 2.24) is 20.0 Å². The summed E-state index contributed by atoms with van der Waals surface area (Å²) in [6, 6.07) is 8.91. The SMILES string of the molecule is CC1Cc2ccccc2N1CCNC(=O)N1CCN(C(=O)N(C)C)CC1. The molecular formula is C19H29N5O2. The van der Waals surface area contributed by atoms with Crippen molar-refractivity contribution in [3.05, 3.63) is 29.8 Å². The largest absolute Gasteiger partial charge is 0.367 e. The number of urea groups is 2. The third-order valence-electron chi connectivity index (χ3n) is 5.20. The van der Waals surface area contributed by atoms with E-state index in [0.29, 0.717) is 38.8 Å². The molecule has 1 N–H and O–H groups in total. The number of benzene rings is 1. The van der Waals surface area contributed by atoms with Crippen LogP contribution >= 0.6 is 0 Å². The molecule has 0 aromatic heterocycles. The standard InChI is InChI=1S/C19H29N5O2/c1-15-14-16-6-4-5-7-17(16)24(15)9-8-20-18(25)22-10-12-23(13-11-22)19(26)21(2)3/h4-7,15H,8-14H2,1-3H3,(H,20,25). The topological polar surface area (TPSA) is 59.1 Å². The van der Waals surface area contributed by atoms with Crippen LogP contribution in [0.3, 0.4) is 0 Å². The van der Waals surface area contributed by atoms with Gasteiger partial charge < -0.3 is 24.9 Å². The van der Waals surface area contributed by atoms with Crippen molar-refractivity contribution in [3.63, 3.8) is 0 Å². The summed E-state index contributed by atoms with van der Waals surface area (Å²) in [5.74, 6) is 0. The number of hydrogen-bond donors (Lipinski definition) is 1. The summed E-state index contributed by atoms with van der Waals surface area (Å²) in [6.07, 6.45) is 1.06. The maximum Gasteiger partial charge on any atom is 0.319 e. The van der Waals surface area contributed by atoms with E-state index in [1.807, 2.05) is 0 Å². The number of nitrogens with one attached hydrogen (secondary N) is 1. The van der Waals surface area contributed by atoms with Gasteiger partial charge in [-0.2, -0.15) is 0 Å². The van der Waals surface area contributed by atoms with E-state index < -0.39 is 0 Å². The normalized spacial score (nSPS) is 19.3. The Hall–Kier alpha value is -2.44. The fourth-order valence-electron chi connectivity index (χ4n) is 3.75. The molecule has 1 saturated heterocycles. The Morgan fingerprint density at radius 2 is 1.77 bits per heavy atom. The second-order valence-corrected chi connectivity index (χ2v) is 7.26. The van der Waals surface area contributed by atoms with Crippen LogP contribution in [-0.2, 0) is 6.42 Å². The lowest BCUT2D eigenvalue weighted by molar-refractivity contribution is 0.129. The Labute approximate surface area is 155 Å². The molecule has 4 amide bonds. The van der Waals surface area contributed by atoms with E-state index in [1.165, 1.54) is 11.3 Å². The minimum Gasteiger partial charge on any atom is -0.367 e. The summed E-state index contributed by atoms with van der Waals surface area (Å²) in [7, 11) is 3.50. The number of fused-ring (bicyclic) bond motifs is 1. The van der Waals surface area contributed by atoms with E-state index in [4.69, 9.17) is 0 Å². The average Bonchev–Trinajstić information content (AvgIpc) is 2.96. The van der Waals surface area contributed by atoms with Crippen LogP contribution in [0.1, 0.15) is 12.5 Å². The van der Waals surface area contributed by atoms with Gasteiger partial charge in [-0.05, 0) is 25.0 Å². The summed E-state index contributed by atoms with van der Waals surface area (Å²) < 4.78 is 0. The van der Waals surface area contributed by atoms with Crippen molar-refractivity contribution >= 4 is 17.7 Å². The van der Waals surface area contributed by atoms with E-state index in [9.17, 15) is 9.59 Å². The van der Waals surface area contributed by atoms with Crippen molar-refractivity contribution < 1.29 is 9.59 Å². The summed E-state index contributed by atoms with van der Waals surface area (Å²) >= 11 is 0. The molecule has 1 unspecified atom stereocenters. The zero-order valence-corrected chi connectivity index (χ0v) is 15.9. The zero-order chi connectivity index (χ0) is 18.7. The van der Waals surface area contributed by atoms with Gasteiger partial charge in [0.15, 0.2) is 0 Å². The molecule has 0 saturated carbocycles. The predicted molar refractivity (Wildman–Crippen MR) is 103 cm³/mol. The molecule has 7 heteroatoms. The number of amides is 4. The van der Waals surface area contributed by atoms with Gasteiger partial charge in [-0.25, -0.2) is 9.59 Å². The smallest absolute Gasteiger partial charge is 0.319 e. The van der Waals surface area contributed by atoms with Crippen molar-refractivity contribution in [2.45, 2.75) is 19.4 Å². The van der Waals surface area contributed by atoms with E-state index in [1.54, 1.807) is 28.8 Å². The number of nitrogens with zero attached hydrogens (tertiary/aromatic N) is 4. The predicted octanol–water partition coefficient (Wildman–Crippen LogP) is 1.45. The first-order valence-corrected chi connectivity index (χ1v) is 9.31. The third-order valence-corrected chi connectivity index (χ3v) is 5.20. The van der Waals surface area contributed by atoms with Crippen molar-refractivity contribution in [3.8, 4) is 0 Å². The van der Waals surface area contributed by atoms with Gasteiger partial charge in [0.2, 0.25) is 0 Å². The van der Waals surface area contributed by atoms with Gasteiger partial charge in [-0.15, -0.1) is 0 Å². The molecule has 0 spiro atoms. The third kappa shape index (κ3) is 3.86. The number of anilines is 1. The monoisotopic (exact) mass is 359 g/mol. The Morgan fingerprint density at radius 3 is 2.46 bits per heavy atom. The maximum atomic E-state index is 12.4. The van der Waals surface area contributed by atoms with Gasteiger partial charge in [0, 0.05) is 65.1 Å². The molecule has 1 aromatic rings. The van der Waals surface area contributed by atoms with Crippen molar-refractivity contribution in [2.24, 2.45) is 0 Å². The lowest BCUT2D eigenvalue weighted by atomic mass is 10.1. The molecule has 1 atom stereocenters. The second kappa shape index (κ2) is 7.85. The maximum absolute atomic E-state index is 12.4. The Kier molecular flexibility index (Phi) is 5.54. The first kappa shape index (κ1) is 18.4. The highest BCUT2D eigenvalue weighted by atomic mass is 16.2. The fourth-order valence-corrected chi connectivity index (χ4v) is 3.75. The molecule has 3 rings (SSSR count). The van der Waals surface area contributed by atoms with E-state index in [-0.39, 0.29) is 12.1 Å². The number of piperazine rings is 1. The van der Waals surface area contributed by atoms with Crippen LogP contribution in [0, 0.1) is 0 Å². The summed E-state index contributed by atoms with van der Waals surface area (Å²) in [5.41, 5.74) is 2.66. The molecule has 26 heavy (non-hydrogen) atoms. The molecule has 1 aromatic carbocycles. The number of hydrogen-bond acceptors (Lipinski definition) is 3. The molecule has 7 nitrogen and oxygen atoms in total. The molecule has 0 bridgehead atoms. The lowest BCUT2D eigenvalue weighted by Crippen LogP contribution is -2.55. The second-order valence-electron chi connectivity index (χ2n) is 7.26. The average molecular weight is 359 g/mol. The highest BCUT2D eigenvalue weighted by molar-refractivity contribution is 5.76. The van der Waals surface area contributed by atoms with Crippen LogP contribution in [0.25, 0.3) is 0 Å². The quantitative estimate of drug-likeness (QED) is 0.889. The molecule has 2 heterocycles. The van der Waals surface area contributed by atoms with Gasteiger partial charge >= 0.3 is 12.1 Å². The number of carbonyl (C=O) groups excluding carboxylic acids is 2. The molecule has 1 fully saturated rings. The number of rotatable bonds is 3. The van der Waals surface area contributed by atoms with Gasteiger partial charge in [-0.3, -0.25) is 0 Å². The van der Waals surface area contributed by atoms with Gasteiger partial charge in [0.05, 0.1) is 0 Å². The minimum absolute atomic E-state index is 0.00624. The van der Waals surface area contributed by atoms with Gasteiger partial charge in [0.25, 0.3) is 0 Å². The summed E-state index contributed by atoms with van der Waals surface area (Å²) in [5, 5.41) is 3.03. The highest BCUT2D eigenvalue weighted by Crippen LogP contribution is 2.31. The van der Waals surface area contributed by atoms with Crippen LogP contribution in [0.15, 0.2) is 24.3 Å². The first-order valence-electron chi connectivity index (χ1n) is 9.31. The first-order chi connectivity index (χ1) is 12.5. The summed E-state index contributed by atoms with van der Waals surface area (Å²) in [6.45, 7) is 5.98. The zero-order valence-electron chi connectivity index (χ0n) is 15.9. The van der Waals surface area contributed by atoms with Crippen LogP contribution in [0.5, 0.6) is 0 Å². The Morgan fingerprint density at radius 1 is 1.12 bits per heavy atom. The van der Waals surface area contributed by atoms with E-state index in [2.05, 4.69) is 41.4 Å². The molecule has 2 aliphatic heterocycles. The number of carbonyl (C=O) groups is 2. The highest BCUT2D eigenvalue weighted by Gasteiger charge is 2.27. The van der Waals surface area contributed by atoms with Crippen LogP contribution < -0.4 is 10.2 Å². The molecule has 0 aliphatic carbocycles. The molecular weight excluding hydrogens is 330 g/mol. The lowest BCUT2D eigenvalue weighted by Gasteiger charge is -2.36. The molecule has 142 valence electrons. The van der Waals surface area contributed by atoms with Crippen molar-refractivity contribution in [1.29, 1.82) is 0 Å². The Bertz CT molecular complexity index is 655. The van der Waals surface area contributed by atoms with E-state index in [0.717, 1.165) is 13.0 Å². The summed E-state index contributed by atoms with van der Waals surface area (Å²) in [4.78, 5) is 31.9. The van der Waals surface area contributed by atoms with Gasteiger partial charge in [-0.1, -0.05) is 18.2 Å².